The van der Waals surface area contributed by atoms with E-state index in [2.05, 4.69) is 25.3 Å². The summed E-state index contributed by atoms with van der Waals surface area (Å²) in [7, 11) is 0. The van der Waals surface area contributed by atoms with Crippen LogP contribution in [0.2, 0.25) is 0 Å². The number of nitrogens with zero attached hydrogens (tertiary/aromatic N) is 2. The third kappa shape index (κ3) is 5.02. The molecule has 36 heavy (non-hydrogen) atoms. The standard InChI is InChI=1S/C29H34N2O5/c1-5-15-35-23-10-8-9-20(18-23)26-25(28(33)29(34)31(26)14-13-30(6-2)7-3)27(32)21-11-12-24-22(17-21)16-19(4)36-24/h5,8-12,17-19,26,32H,1,6-7,13-16H2,2-4H3/b27-25+/t19-,26+/m0/s1. The highest BCUT2D eigenvalue weighted by Gasteiger charge is 2.46. The minimum atomic E-state index is -0.726. The zero-order valence-corrected chi connectivity index (χ0v) is 21.2. The van der Waals surface area contributed by atoms with Crippen molar-refractivity contribution in [2.24, 2.45) is 0 Å². The highest BCUT2D eigenvalue weighted by molar-refractivity contribution is 6.46. The van der Waals surface area contributed by atoms with Gasteiger partial charge < -0.3 is 24.4 Å². The predicted molar refractivity (Wildman–Crippen MR) is 139 cm³/mol. The van der Waals surface area contributed by atoms with E-state index in [-0.39, 0.29) is 17.4 Å². The van der Waals surface area contributed by atoms with E-state index in [0.717, 1.165) is 30.8 Å². The van der Waals surface area contributed by atoms with Gasteiger partial charge >= 0.3 is 0 Å². The molecule has 1 N–H and O–H groups in total. The summed E-state index contributed by atoms with van der Waals surface area (Å²) in [4.78, 5) is 30.4. The van der Waals surface area contributed by atoms with Crippen molar-refractivity contribution >= 4 is 17.4 Å². The van der Waals surface area contributed by atoms with E-state index in [0.29, 0.717) is 36.6 Å². The first-order chi connectivity index (χ1) is 17.4. The molecule has 2 aromatic rings. The van der Waals surface area contributed by atoms with Gasteiger partial charge in [0.2, 0.25) is 0 Å². The van der Waals surface area contributed by atoms with Crippen LogP contribution in [-0.4, -0.2) is 65.5 Å². The van der Waals surface area contributed by atoms with Gasteiger partial charge in [0.05, 0.1) is 11.6 Å². The van der Waals surface area contributed by atoms with Crippen LogP contribution in [0.5, 0.6) is 11.5 Å². The lowest BCUT2D eigenvalue weighted by molar-refractivity contribution is -0.140. The summed E-state index contributed by atoms with van der Waals surface area (Å²) in [5.41, 5.74) is 2.26. The summed E-state index contributed by atoms with van der Waals surface area (Å²) in [5, 5.41) is 11.4. The maximum atomic E-state index is 13.3. The lowest BCUT2D eigenvalue weighted by atomic mass is 9.94. The van der Waals surface area contributed by atoms with Gasteiger partial charge in [0.15, 0.2) is 0 Å². The first kappa shape index (κ1) is 25.5. The van der Waals surface area contributed by atoms with Crippen molar-refractivity contribution in [3.05, 3.63) is 77.4 Å². The Balaban J connectivity index is 1.78. The fourth-order valence-electron chi connectivity index (χ4n) is 4.90. The Morgan fingerprint density at radius 1 is 1.22 bits per heavy atom. The zero-order chi connectivity index (χ0) is 25.8. The number of amides is 1. The highest BCUT2D eigenvalue weighted by atomic mass is 16.5. The lowest BCUT2D eigenvalue weighted by Crippen LogP contribution is -2.38. The van der Waals surface area contributed by atoms with Crippen molar-refractivity contribution in [3.8, 4) is 11.5 Å². The Morgan fingerprint density at radius 3 is 2.72 bits per heavy atom. The molecular weight excluding hydrogens is 456 g/mol. The predicted octanol–water partition coefficient (Wildman–Crippen LogP) is 4.34. The molecule has 0 radical (unpaired) electrons. The van der Waals surface area contributed by atoms with E-state index in [4.69, 9.17) is 9.47 Å². The molecule has 7 nitrogen and oxygen atoms in total. The van der Waals surface area contributed by atoms with Crippen molar-refractivity contribution in [1.82, 2.24) is 9.80 Å². The molecule has 0 saturated carbocycles. The fraction of sp³-hybridized carbons (Fsp3) is 0.379. The van der Waals surface area contributed by atoms with Crippen molar-refractivity contribution in [2.75, 3.05) is 32.8 Å². The lowest BCUT2D eigenvalue weighted by Gasteiger charge is -2.28. The molecule has 2 atom stereocenters. The Labute approximate surface area is 212 Å². The molecule has 0 spiro atoms. The summed E-state index contributed by atoms with van der Waals surface area (Å²) >= 11 is 0. The van der Waals surface area contributed by atoms with E-state index >= 15 is 0 Å². The SMILES string of the molecule is C=CCOc1cccc([C@@H]2/C(=C(\O)c3ccc4c(c3)C[C@H](C)O4)C(=O)C(=O)N2CCN(CC)CC)c1. The molecule has 2 heterocycles. The van der Waals surface area contributed by atoms with E-state index in [1.807, 2.05) is 43.3 Å². The maximum Gasteiger partial charge on any atom is 0.295 e. The fourth-order valence-corrected chi connectivity index (χ4v) is 4.90. The minimum Gasteiger partial charge on any atom is -0.507 e. The number of Topliss-reactive ketones (excluding diaryl/α,β-unsaturated/α-hetero) is 1. The average molecular weight is 491 g/mol. The van der Waals surface area contributed by atoms with Crippen LogP contribution in [0.3, 0.4) is 0 Å². The number of fused-ring (bicyclic) bond motifs is 1. The van der Waals surface area contributed by atoms with Crippen LogP contribution in [0.1, 0.15) is 43.5 Å². The van der Waals surface area contributed by atoms with Gasteiger partial charge in [0.25, 0.3) is 11.7 Å². The number of ketones is 1. The molecule has 0 bridgehead atoms. The topological polar surface area (TPSA) is 79.3 Å². The van der Waals surface area contributed by atoms with E-state index in [9.17, 15) is 14.7 Å². The second-order valence-electron chi connectivity index (χ2n) is 9.15. The maximum absolute atomic E-state index is 13.3. The number of carbonyl (C=O) groups is 2. The molecule has 1 fully saturated rings. The van der Waals surface area contributed by atoms with Crippen molar-refractivity contribution in [2.45, 2.75) is 39.3 Å². The molecule has 7 heteroatoms. The number of aliphatic hydroxyl groups is 1. The van der Waals surface area contributed by atoms with Crippen molar-refractivity contribution in [1.29, 1.82) is 0 Å². The number of aliphatic hydroxyl groups excluding tert-OH is 1. The van der Waals surface area contributed by atoms with Gasteiger partial charge in [0, 0.05) is 25.1 Å². The third-order valence-corrected chi connectivity index (χ3v) is 6.80. The van der Waals surface area contributed by atoms with Crippen LogP contribution in [0.15, 0.2) is 60.7 Å². The number of carbonyl (C=O) groups excluding carboxylic acids is 2. The number of hydrogen-bond acceptors (Lipinski definition) is 6. The van der Waals surface area contributed by atoms with Crippen LogP contribution < -0.4 is 9.47 Å². The van der Waals surface area contributed by atoms with Crippen molar-refractivity contribution < 1.29 is 24.2 Å². The quantitative estimate of drug-likeness (QED) is 0.231. The number of likely N-dealkylation sites (tertiary alicyclic amines) is 1. The van der Waals surface area contributed by atoms with Gasteiger partial charge in [-0.2, -0.15) is 0 Å². The van der Waals surface area contributed by atoms with Crippen LogP contribution in [0.4, 0.5) is 0 Å². The Kier molecular flexibility index (Phi) is 7.79. The number of rotatable bonds is 10. The molecule has 1 amide bonds. The second-order valence-corrected chi connectivity index (χ2v) is 9.15. The van der Waals surface area contributed by atoms with Gasteiger partial charge in [-0.1, -0.05) is 38.6 Å². The highest BCUT2D eigenvalue weighted by Crippen LogP contribution is 2.41. The average Bonchev–Trinajstić information content (AvgIpc) is 3.38. The minimum absolute atomic E-state index is 0.0568. The summed E-state index contributed by atoms with van der Waals surface area (Å²) in [6.45, 7) is 12.8. The Hall–Kier alpha value is -3.58. The molecule has 190 valence electrons. The summed E-state index contributed by atoms with van der Waals surface area (Å²) in [6, 6.07) is 12.0. The molecule has 0 unspecified atom stereocenters. The van der Waals surface area contributed by atoms with Crippen LogP contribution >= 0.6 is 0 Å². The first-order valence-corrected chi connectivity index (χ1v) is 12.5. The Morgan fingerprint density at radius 2 is 2.00 bits per heavy atom. The van der Waals surface area contributed by atoms with E-state index < -0.39 is 17.7 Å². The number of benzene rings is 2. The largest absolute Gasteiger partial charge is 0.507 e. The smallest absolute Gasteiger partial charge is 0.295 e. The molecule has 0 aromatic heterocycles. The van der Waals surface area contributed by atoms with Gasteiger partial charge in [0.1, 0.15) is 30.0 Å². The molecule has 0 aliphatic carbocycles. The molecular formula is C29H34N2O5. The van der Waals surface area contributed by atoms with E-state index in [1.165, 1.54) is 0 Å². The van der Waals surface area contributed by atoms with Crippen molar-refractivity contribution in [3.63, 3.8) is 0 Å². The van der Waals surface area contributed by atoms with Gasteiger partial charge in [-0.25, -0.2) is 0 Å². The van der Waals surface area contributed by atoms with Gasteiger partial charge in [-0.3, -0.25) is 9.59 Å². The second kappa shape index (κ2) is 11.0. The molecule has 2 aliphatic heterocycles. The van der Waals surface area contributed by atoms with Gasteiger partial charge in [-0.15, -0.1) is 0 Å². The first-order valence-electron chi connectivity index (χ1n) is 12.5. The Bertz CT molecular complexity index is 1180. The number of likely N-dealkylation sites (N-methyl/N-ethyl adjacent to an activating group) is 1. The third-order valence-electron chi connectivity index (χ3n) is 6.80. The normalized spacial score (nSPS) is 20.5. The van der Waals surface area contributed by atoms with Crippen LogP contribution in [0.25, 0.3) is 5.76 Å². The summed E-state index contributed by atoms with van der Waals surface area (Å²) in [6.07, 6.45) is 2.43. The summed E-state index contributed by atoms with van der Waals surface area (Å²) in [5.74, 6) is -0.0833. The molecule has 4 rings (SSSR count). The number of hydrogen-bond donors (Lipinski definition) is 1. The van der Waals surface area contributed by atoms with Gasteiger partial charge in [-0.05, 0) is 61.5 Å². The van der Waals surface area contributed by atoms with Crippen LogP contribution in [0, 0.1) is 0 Å². The summed E-state index contributed by atoms with van der Waals surface area (Å²) < 4.78 is 11.5. The van der Waals surface area contributed by atoms with Crippen LogP contribution in [-0.2, 0) is 16.0 Å². The molecule has 2 aliphatic rings. The monoisotopic (exact) mass is 490 g/mol. The zero-order valence-electron chi connectivity index (χ0n) is 21.2. The molecule has 2 aromatic carbocycles. The number of ether oxygens (including phenoxy) is 2. The molecule has 1 saturated heterocycles. The van der Waals surface area contributed by atoms with E-state index in [1.54, 1.807) is 17.0 Å².